The number of benzene rings is 5. The lowest BCUT2D eigenvalue weighted by molar-refractivity contribution is 0.670. The van der Waals surface area contributed by atoms with Crippen LogP contribution in [0.25, 0.3) is 55.3 Å². The minimum atomic E-state index is 0.925. The Labute approximate surface area is 195 Å². The molecule has 0 aliphatic carbocycles. The van der Waals surface area contributed by atoms with E-state index in [0.29, 0.717) is 0 Å². The maximum Gasteiger partial charge on any atom is 0.143 e. The lowest BCUT2D eigenvalue weighted by Gasteiger charge is -2.10. The molecule has 0 saturated carbocycles. The van der Waals surface area contributed by atoms with Gasteiger partial charge in [-0.2, -0.15) is 0 Å². The summed E-state index contributed by atoms with van der Waals surface area (Å²) in [5.74, 6) is 0. The molecule has 6 rings (SSSR count). The fourth-order valence-corrected chi connectivity index (χ4v) is 4.97. The molecule has 0 radical (unpaired) electrons. The van der Waals surface area contributed by atoms with Crippen molar-refractivity contribution in [3.8, 4) is 33.4 Å². The van der Waals surface area contributed by atoms with Crippen LogP contribution in [-0.4, -0.2) is 0 Å². The fraction of sp³-hybridized carbons (Fsp3) is 0. The first-order valence-corrected chi connectivity index (χ1v) is 11.4. The van der Waals surface area contributed by atoms with Gasteiger partial charge < -0.3 is 4.42 Å². The van der Waals surface area contributed by atoms with Crippen LogP contribution in [0.1, 0.15) is 0 Å². The zero-order chi connectivity index (χ0) is 21.5. The van der Waals surface area contributed by atoms with Crippen LogP contribution in [0.5, 0.6) is 0 Å². The molecule has 0 aliphatic rings. The lowest BCUT2D eigenvalue weighted by Crippen LogP contribution is -1.84. The average molecular weight is 475 g/mol. The average Bonchev–Trinajstić information content (AvgIpc) is 3.24. The van der Waals surface area contributed by atoms with Gasteiger partial charge in [-0.25, -0.2) is 0 Å². The number of hydrogen-bond donors (Lipinski definition) is 0. The van der Waals surface area contributed by atoms with Crippen molar-refractivity contribution in [3.63, 3.8) is 0 Å². The largest absolute Gasteiger partial charge is 0.455 e. The molecular formula is C30H19BrO. The second-order valence-electron chi connectivity index (χ2n) is 7.92. The van der Waals surface area contributed by atoms with E-state index in [9.17, 15) is 0 Å². The molecule has 2 heteroatoms. The molecule has 6 aromatic rings. The first-order chi connectivity index (χ1) is 15.8. The van der Waals surface area contributed by atoms with Gasteiger partial charge in [0.15, 0.2) is 0 Å². The summed E-state index contributed by atoms with van der Waals surface area (Å²) >= 11 is 3.78. The van der Waals surface area contributed by atoms with Crippen molar-refractivity contribution in [2.24, 2.45) is 0 Å². The summed E-state index contributed by atoms with van der Waals surface area (Å²) in [5.41, 5.74) is 8.90. The van der Waals surface area contributed by atoms with Gasteiger partial charge in [0.05, 0.1) is 0 Å². The van der Waals surface area contributed by atoms with Gasteiger partial charge in [0, 0.05) is 20.8 Å². The van der Waals surface area contributed by atoms with Gasteiger partial charge in [0.25, 0.3) is 0 Å². The van der Waals surface area contributed by atoms with Crippen LogP contribution < -0.4 is 0 Å². The van der Waals surface area contributed by atoms with E-state index in [1.807, 2.05) is 18.2 Å². The topological polar surface area (TPSA) is 13.1 Å². The molecular weight excluding hydrogens is 456 g/mol. The minimum Gasteiger partial charge on any atom is -0.455 e. The maximum atomic E-state index is 6.22. The van der Waals surface area contributed by atoms with E-state index in [2.05, 4.69) is 113 Å². The molecule has 1 heterocycles. The number of rotatable bonds is 3. The Kier molecular flexibility index (Phi) is 4.66. The lowest BCUT2D eigenvalue weighted by atomic mass is 9.97. The van der Waals surface area contributed by atoms with E-state index in [-0.39, 0.29) is 0 Å². The van der Waals surface area contributed by atoms with E-state index in [1.54, 1.807) is 0 Å². The van der Waals surface area contributed by atoms with Crippen LogP contribution >= 0.6 is 15.9 Å². The first kappa shape index (κ1) is 19.1. The highest BCUT2D eigenvalue weighted by molar-refractivity contribution is 9.10. The van der Waals surface area contributed by atoms with Gasteiger partial charge in [-0.05, 0) is 39.9 Å². The van der Waals surface area contributed by atoms with E-state index >= 15 is 0 Å². The standard InChI is InChI=1S/C30H19BrO/c31-28-19-23(20-7-2-1-3-8-20)17-18-24(28)21-13-15-22(16-14-21)25-10-6-11-27-26-9-4-5-12-29(26)32-30(25)27/h1-19H. The summed E-state index contributed by atoms with van der Waals surface area (Å²) in [6.07, 6.45) is 0. The van der Waals surface area contributed by atoms with Crippen LogP contribution in [0, 0.1) is 0 Å². The van der Waals surface area contributed by atoms with Crippen molar-refractivity contribution < 1.29 is 4.42 Å². The normalized spacial score (nSPS) is 11.3. The Morgan fingerprint density at radius 1 is 0.469 bits per heavy atom. The highest BCUT2D eigenvalue weighted by Crippen LogP contribution is 2.37. The van der Waals surface area contributed by atoms with Gasteiger partial charge >= 0.3 is 0 Å². The van der Waals surface area contributed by atoms with Gasteiger partial charge in [0.2, 0.25) is 0 Å². The minimum absolute atomic E-state index is 0.925. The SMILES string of the molecule is Brc1cc(-c2ccccc2)ccc1-c1ccc(-c2cccc3c2oc2ccccc23)cc1. The third kappa shape index (κ3) is 3.24. The maximum absolute atomic E-state index is 6.22. The molecule has 32 heavy (non-hydrogen) atoms. The Morgan fingerprint density at radius 3 is 1.91 bits per heavy atom. The van der Waals surface area contributed by atoms with Crippen molar-refractivity contribution in [2.45, 2.75) is 0 Å². The molecule has 152 valence electrons. The van der Waals surface area contributed by atoms with Crippen LogP contribution in [0.3, 0.4) is 0 Å². The number of para-hydroxylation sites is 2. The molecule has 0 fully saturated rings. The molecule has 5 aromatic carbocycles. The second kappa shape index (κ2) is 7.81. The van der Waals surface area contributed by atoms with Gasteiger partial charge in [-0.1, -0.05) is 119 Å². The zero-order valence-corrected chi connectivity index (χ0v) is 18.8. The predicted molar refractivity (Wildman–Crippen MR) is 138 cm³/mol. The zero-order valence-electron chi connectivity index (χ0n) is 17.3. The molecule has 0 spiro atoms. The quantitative estimate of drug-likeness (QED) is 0.249. The van der Waals surface area contributed by atoms with Crippen molar-refractivity contribution in [1.82, 2.24) is 0 Å². The van der Waals surface area contributed by atoms with Crippen molar-refractivity contribution in [2.75, 3.05) is 0 Å². The van der Waals surface area contributed by atoms with Crippen molar-refractivity contribution >= 4 is 37.9 Å². The van der Waals surface area contributed by atoms with E-state index in [1.165, 1.54) is 22.3 Å². The van der Waals surface area contributed by atoms with E-state index in [4.69, 9.17) is 4.42 Å². The van der Waals surface area contributed by atoms with Gasteiger partial charge in [0.1, 0.15) is 11.2 Å². The highest BCUT2D eigenvalue weighted by atomic mass is 79.9. The van der Waals surface area contributed by atoms with E-state index in [0.717, 1.165) is 37.5 Å². The van der Waals surface area contributed by atoms with Gasteiger partial charge in [-0.15, -0.1) is 0 Å². The molecule has 0 N–H and O–H groups in total. The molecule has 0 atom stereocenters. The van der Waals surface area contributed by atoms with Crippen molar-refractivity contribution in [1.29, 1.82) is 0 Å². The third-order valence-corrected chi connectivity index (χ3v) is 6.64. The third-order valence-electron chi connectivity index (χ3n) is 5.99. The Balaban J connectivity index is 1.38. The summed E-state index contributed by atoms with van der Waals surface area (Å²) in [5, 5.41) is 2.31. The van der Waals surface area contributed by atoms with E-state index < -0.39 is 0 Å². The predicted octanol–water partition coefficient (Wildman–Crippen LogP) is 9.35. The summed E-state index contributed by atoms with van der Waals surface area (Å²) < 4.78 is 7.31. The van der Waals surface area contributed by atoms with Crippen LogP contribution in [0.15, 0.2) is 124 Å². The Morgan fingerprint density at radius 2 is 1.12 bits per heavy atom. The summed E-state index contributed by atoms with van der Waals surface area (Å²) in [6, 6.07) is 40.3. The summed E-state index contributed by atoms with van der Waals surface area (Å²) in [6.45, 7) is 0. The molecule has 1 aromatic heterocycles. The van der Waals surface area contributed by atoms with Crippen LogP contribution in [0.4, 0.5) is 0 Å². The summed E-state index contributed by atoms with van der Waals surface area (Å²) in [4.78, 5) is 0. The Bertz CT molecular complexity index is 1560. The molecule has 0 saturated heterocycles. The molecule has 1 nitrogen and oxygen atoms in total. The molecule has 0 bridgehead atoms. The smallest absolute Gasteiger partial charge is 0.143 e. The number of halogens is 1. The second-order valence-corrected chi connectivity index (χ2v) is 8.77. The van der Waals surface area contributed by atoms with Crippen LogP contribution in [-0.2, 0) is 0 Å². The monoisotopic (exact) mass is 474 g/mol. The number of fused-ring (bicyclic) bond motifs is 3. The highest BCUT2D eigenvalue weighted by Gasteiger charge is 2.12. The first-order valence-electron chi connectivity index (χ1n) is 10.6. The van der Waals surface area contributed by atoms with Gasteiger partial charge in [-0.3, -0.25) is 0 Å². The number of hydrogen-bond acceptors (Lipinski definition) is 1. The van der Waals surface area contributed by atoms with Crippen LogP contribution in [0.2, 0.25) is 0 Å². The number of furan rings is 1. The Hall–Kier alpha value is -3.62. The molecule has 0 amide bonds. The van der Waals surface area contributed by atoms with Crippen molar-refractivity contribution in [3.05, 3.63) is 120 Å². The molecule has 0 aliphatic heterocycles. The fourth-order valence-electron chi connectivity index (χ4n) is 4.36. The molecule has 0 unspecified atom stereocenters. The summed E-state index contributed by atoms with van der Waals surface area (Å²) in [7, 11) is 0.